The van der Waals surface area contributed by atoms with Gasteiger partial charge < -0.3 is 10.2 Å². The molecule has 1 fully saturated rings. The first-order valence-corrected chi connectivity index (χ1v) is 8.50. The zero-order chi connectivity index (χ0) is 17.0. The molecule has 0 radical (unpaired) electrons. The molecule has 0 aromatic heterocycles. The lowest BCUT2D eigenvalue weighted by molar-refractivity contribution is -0.146. The van der Waals surface area contributed by atoms with Crippen molar-refractivity contribution < 1.29 is 9.59 Å². The molecule has 1 saturated heterocycles. The predicted molar refractivity (Wildman–Crippen MR) is 93.4 cm³/mol. The molecule has 4 nitrogen and oxygen atoms in total. The van der Waals surface area contributed by atoms with Crippen LogP contribution in [-0.4, -0.2) is 29.8 Å². The second-order valence-corrected chi connectivity index (χ2v) is 7.16. The zero-order valence-electron chi connectivity index (χ0n) is 14.7. The summed E-state index contributed by atoms with van der Waals surface area (Å²) in [6.07, 6.45) is 4.39. The molecule has 0 aliphatic carbocycles. The van der Waals surface area contributed by atoms with Gasteiger partial charge in [0.1, 0.15) is 5.41 Å². The highest BCUT2D eigenvalue weighted by Gasteiger charge is 2.39. The molecular weight excluding hydrogens is 288 g/mol. The van der Waals surface area contributed by atoms with Gasteiger partial charge in [0.25, 0.3) is 0 Å². The maximum atomic E-state index is 12.8. The van der Waals surface area contributed by atoms with Crippen molar-refractivity contribution in [3.05, 3.63) is 29.3 Å². The molecular formula is C19H28N2O2. The van der Waals surface area contributed by atoms with E-state index in [0.717, 1.165) is 42.7 Å². The number of nitrogens with one attached hydrogen (secondary N) is 1. The van der Waals surface area contributed by atoms with Crippen LogP contribution in [0.15, 0.2) is 18.2 Å². The molecule has 1 N–H and O–H groups in total. The van der Waals surface area contributed by atoms with E-state index in [-0.39, 0.29) is 11.8 Å². The summed E-state index contributed by atoms with van der Waals surface area (Å²) >= 11 is 0. The smallest absolute Gasteiger partial charge is 0.239 e. The van der Waals surface area contributed by atoms with Gasteiger partial charge in [0.05, 0.1) is 0 Å². The molecule has 0 saturated carbocycles. The van der Waals surface area contributed by atoms with Crippen LogP contribution in [0.4, 0.5) is 5.69 Å². The minimum atomic E-state index is -1.05. The summed E-state index contributed by atoms with van der Waals surface area (Å²) in [7, 11) is 0. The van der Waals surface area contributed by atoms with Crippen LogP contribution in [0.2, 0.25) is 0 Å². The van der Waals surface area contributed by atoms with Gasteiger partial charge in [-0.05, 0) is 63.8 Å². The Hall–Kier alpha value is -1.84. The molecule has 0 unspecified atom stereocenters. The van der Waals surface area contributed by atoms with Gasteiger partial charge in [-0.3, -0.25) is 9.59 Å². The van der Waals surface area contributed by atoms with Crippen molar-refractivity contribution >= 4 is 17.5 Å². The van der Waals surface area contributed by atoms with Crippen molar-refractivity contribution in [1.82, 2.24) is 4.90 Å². The number of rotatable bonds is 3. The van der Waals surface area contributed by atoms with Gasteiger partial charge in [-0.25, -0.2) is 0 Å². The lowest BCUT2D eigenvalue weighted by Crippen LogP contribution is -2.47. The molecule has 1 heterocycles. The van der Waals surface area contributed by atoms with Gasteiger partial charge in [0, 0.05) is 18.8 Å². The first-order chi connectivity index (χ1) is 10.8. The van der Waals surface area contributed by atoms with Gasteiger partial charge in [0.2, 0.25) is 11.8 Å². The van der Waals surface area contributed by atoms with Gasteiger partial charge in [0.15, 0.2) is 0 Å². The van der Waals surface area contributed by atoms with Crippen LogP contribution < -0.4 is 5.32 Å². The fraction of sp³-hybridized carbons (Fsp3) is 0.579. The summed E-state index contributed by atoms with van der Waals surface area (Å²) in [6.45, 7) is 8.96. The number of nitrogens with zero attached hydrogens (tertiary/aromatic N) is 1. The van der Waals surface area contributed by atoms with Crippen molar-refractivity contribution in [3.8, 4) is 0 Å². The SMILES string of the molecule is Cc1cc(C)cc(NC(=O)C(C)(C)C(=O)N2CCCCCC2)c1. The predicted octanol–water partition coefficient (Wildman–Crippen LogP) is 3.67. The molecule has 2 amide bonds. The molecule has 23 heavy (non-hydrogen) atoms. The number of hydrogen-bond acceptors (Lipinski definition) is 2. The Morgan fingerprint density at radius 2 is 1.48 bits per heavy atom. The summed E-state index contributed by atoms with van der Waals surface area (Å²) in [4.78, 5) is 27.3. The van der Waals surface area contributed by atoms with Crippen molar-refractivity contribution in [2.45, 2.75) is 53.4 Å². The van der Waals surface area contributed by atoms with Crippen LogP contribution in [-0.2, 0) is 9.59 Å². The lowest BCUT2D eigenvalue weighted by Gasteiger charge is -2.30. The van der Waals surface area contributed by atoms with Crippen molar-refractivity contribution in [2.75, 3.05) is 18.4 Å². The fourth-order valence-corrected chi connectivity index (χ4v) is 3.10. The number of hydrogen-bond donors (Lipinski definition) is 1. The third kappa shape index (κ3) is 4.34. The topological polar surface area (TPSA) is 49.4 Å². The van der Waals surface area contributed by atoms with Crippen LogP contribution in [0.1, 0.15) is 50.7 Å². The van der Waals surface area contributed by atoms with E-state index in [9.17, 15) is 9.59 Å². The second kappa shape index (κ2) is 7.16. The van der Waals surface area contributed by atoms with E-state index in [1.54, 1.807) is 13.8 Å². The van der Waals surface area contributed by atoms with E-state index < -0.39 is 5.41 Å². The largest absolute Gasteiger partial charge is 0.342 e. The highest BCUT2D eigenvalue weighted by Crippen LogP contribution is 2.24. The maximum absolute atomic E-state index is 12.8. The monoisotopic (exact) mass is 316 g/mol. The molecule has 0 atom stereocenters. The van der Waals surface area contributed by atoms with E-state index >= 15 is 0 Å². The molecule has 1 aromatic carbocycles. The molecule has 126 valence electrons. The Bertz CT molecular complexity index is 565. The third-order valence-corrected chi connectivity index (χ3v) is 4.48. The quantitative estimate of drug-likeness (QED) is 0.865. The number of amides is 2. The van der Waals surface area contributed by atoms with Crippen LogP contribution in [0, 0.1) is 19.3 Å². The van der Waals surface area contributed by atoms with E-state index in [2.05, 4.69) is 11.4 Å². The molecule has 1 aliphatic rings. The normalized spacial score (nSPS) is 15.9. The summed E-state index contributed by atoms with van der Waals surface area (Å²) in [6, 6.07) is 5.91. The van der Waals surface area contributed by atoms with E-state index in [4.69, 9.17) is 0 Å². The number of benzene rings is 1. The van der Waals surface area contributed by atoms with Crippen LogP contribution >= 0.6 is 0 Å². The van der Waals surface area contributed by atoms with Crippen molar-refractivity contribution in [1.29, 1.82) is 0 Å². The Kier molecular flexibility index (Phi) is 5.45. The Balaban J connectivity index is 2.10. The number of likely N-dealkylation sites (tertiary alicyclic amines) is 1. The lowest BCUT2D eigenvalue weighted by atomic mass is 9.90. The Morgan fingerprint density at radius 1 is 0.957 bits per heavy atom. The molecule has 0 spiro atoms. The molecule has 1 aromatic rings. The zero-order valence-corrected chi connectivity index (χ0v) is 14.7. The minimum absolute atomic E-state index is 0.0683. The summed E-state index contributed by atoms with van der Waals surface area (Å²) in [5, 5.41) is 2.91. The number of aryl methyl sites for hydroxylation is 2. The average Bonchev–Trinajstić information content (AvgIpc) is 2.74. The fourth-order valence-electron chi connectivity index (χ4n) is 3.10. The minimum Gasteiger partial charge on any atom is -0.342 e. The average molecular weight is 316 g/mol. The number of anilines is 1. The summed E-state index contributed by atoms with van der Waals surface area (Å²) in [5.74, 6) is -0.307. The van der Waals surface area contributed by atoms with Crippen LogP contribution in [0.25, 0.3) is 0 Å². The van der Waals surface area contributed by atoms with Gasteiger partial charge in [-0.1, -0.05) is 18.9 Å². The van der Waals surface area contributed by atoms with E-state index in [0.29, 0.717) is 0 Å². The molecule has 2 rings (SSSR count). The van der Waals surface area contributed by atoms with Gasteiger partial charge in [-0.2, -0.15) is 0 Å². The molecule has 1 aliphatic heterocycles. The van der Waals surface area contributed by atoms with E-state index in [1.807, 2.05) is 30.9 Å². The van der Waals surface area contributed by atoms with Gasteiger partial charge in [-0.15, -0.1) is 0 Å². The Labute approximate surface area is 139 Å². The van der Waals surface area contributed by atoms with E-state index in [1.165, 1.54) is 12.8 Å². The van der Waals surface area contributed by atoms with Crippen molar-refractivity contribution in [3.63, 3.8) is 0 Å². The highest BCUT2D eigenvalue weighted by molar-refractivity contribution is 6.09. The number of carbonyl (C=O) groups excluding carboxylic acids is 2. The third-order valence-electron chi connectivity index (χ3n) is 4.48. The summed E-state index contributed by atoms with van der Waals surface area (Å²) < 4.78 is 0. The van der Waals surface area contributed by atoms with Crippen LogP contribution in [0.3, 0.4) is 0 Å². The summed E-state index contributed by atoms with van der Waals surface area (Å²) in [5.41, 5.74) is 1.89. The molecule has 4 heteroatoms. The first kappa shape index (κ1) is 17.5. The first-order valence-electron chi connectivity index (χ1n) is 8.50. The van der Waals surface area contributed by atoms with Crippen molar-refractivity contribution in [2.24, 2.45) is 5.41 Å². The molecule has 0 bridgehead atoms. The van der Waals surface area contributed by atoms with Gasteiger partial charge >= 0.3 is 0 Å². The Morgan fingerprint density at radius 3 is 2.00 bits per heavy atom. The number of carbonyl (C=O) groups is 2. The second-order valence-electron chi connectivity index (χ2n) is 7.16. The maximum Gasteiger partial charge on any atom is 0.239 e. The standard InChI is InChI=1S/C19H28N2O2/c1-14-11-15(2)13-16(12-14)20-17(22)19(3,4)18(23)21-9-7-5-6-8-10-21/h11-13H,5-10H2,1-4H3,(H,20,22). The highest BCUT2D eigenvalue weighted by atomic mass is 16.2. The van der Waals surface area contributed by atoms with Crippen LogP contribution in [0.5, 0.6) is 0 Å².